The fourth-order valence-corrected chi connectivity index (χ4v) is 3.16. The second kappa shape index (κ2) is 5.51. The molecule has 2 N–H and O–H groups in total. The van der Waals surface area contributed by atoms with E-state index in [2.05, 4.69) is 11.1 Å². The highest BCUT2D eigenvalue weighted by Crippen LogP contribution is 2.43. The lowest BCUT2D eigenvalue weighted by Gasteiger charge is -2.38. The van der Waals surface area contributed by atoms with Crippen LogP contribution in [0.15, 0.2) is 24.4 Å². The number of nitrogens with two attached hydrogens (primary N) is 1. The molecule has 0 aliphatic heterocycles. The maximum absolute atomic E-state index is 11.3. The second-order valence-corrected chi connectivity index (χ2v) is 5.56. The highest BCUT2D eigenvalue weighted by atomic mass is 16.1. The van der Waals surface area contributed by atoms with Crippen LogP contribution >= 0.6 is 0 Å². The van der Waals surface area contributed by atoms with Crippen LogP contribution in [-0.2, 0) is 10.2 Å². The standard InChI is InChI=1S/C15H22N2O/c1-12(14(16)18)11-15(8-4-2-5-9-15)13-7-3-6-10-17-13/h3,6-7,10,12H,2,4-5,8-9,11H2,1H3,(H2,16,18). The second-order valence-electron chi connectivity index (χ2n) is 5.56. The van der Waals surface area contributed by atoms with Crippen molar-refractivity contribution in [2.75, 3.05) is 0 Å². The molecule has 1 aliphatic carbocycles. The lowest BCUT2D eigenvalue weighted by Crippen LogP contribution is -2.35. The third-order valence-electron chi connectivity index (χ3n) is 4.20. The molecule has 1 aromatic rings. The smallest absolute Gasteiger partial charge is 0.220 e. The zero-order valence-electron chi connectivity index (χ0n) is 11.1. The van der Waals surface area contributed by atoms with Crippen LogP contribution in [0.25, 0.3) is 0 Å². The Morgan fingerprint density at radius 2 is 2.11 bits per heavy atom. The first kappa shape index (κ1) is 13.1. The largest absolute Gasteiger partial charge is 0.369 e. The molecule has 0 radical (unpaired) electrons. The number of hydrogen-bond acceptors (Lipinski definition) is 2. The van der Waals surface area contributed by atoms with E-state index in [9.17, 15) is 4.79 Å². The monoisotopic (exact) mass is 246 g/mol. The molecule has 1 amide bonds. The average molecular weight is 246 g/mol. The minimum Gasteiger partial charge on any atom is -0.369 e. The molecule has 0 saturated heterocycles. The molecule has 1 saturated carbocycles. The molecule has 1 aliphatic rings. The summed E-state index contributed by atoms with van der Waals surface area (Å²) in [5, 5.41) is 0. The molecule has 1 aromatic heterocycles. The molecular formula is C15H22N2O. The minimum absolute atomic E-state index is 0.0634. The number of rotatable bonds is 4. The SMILES string of the molecule is CC(CC1(c2ccccn2)CCCCC1)C(N)=O. The Hall–Kier alpha value is -1.38. The van der Waals surface area contributed by atoms with E-state index >= 15 is 0 Å². The van der Waals surface area contributed by atoms with Crippen LogP contribution in [0.5, 0.6) is 0 Å². The molecule has 98 valence electrons. The van der Waals surface area contributed by atoms with Gasteiger partial charge in [0.1, 0.15) is 0 Å². The highest BCUT2D eigenvalue weighted by Gasteiger charge is 2.37. The van der Waals surface area contributed by atoms with Gasteiger partial charge in [0, 0.05) is 23.2 Å². The zero-order chi connectivity index (χ0) is 13.0. The van der Waals surface area contributed by atoms with Crippen LogP contribution in [0, 0.1) is 5.92 Å². The summed E-state index contributed by atoms with van der Waals surface area (Å²) in [5.41, 5.74) is 6.63. The van der Waals surface area contributed by atoms with E-state index in [0.29, 0.717) is 0 Å². The van der Waals surface area contributed by atoms with E-state index < -0.39 is 0 Å². The average Bonchev–Trinajstić information content (AvgIpc) is 2.40. The third kappa shape index (κ3) is 2.71. The third-order valence-corrected chi connectivity index (χ3v) is 4.20. The lowest BCUT2D eigenvalue weighted by atomic mass is 9.67. The number of nitrogens with zero attached hydrogens (tertiary/aromatic N) is 1. The van der Waals surface area contributed by atoms with E-state index in [1.54, 1.807) is 0 Å². The van der Waals surface area contributed by atoms with Gasteiger partial charge in [-0.25, -0.2) is 0 Å². The Labute approximate surface area is 109 Å². The Morgan fingerprint density at radius 1 is 1.39 bits per heavy atom. The van der Waals surface area contributed by atoms with Crippen LogP contribution in [0.1, 0.15) is 51.1 Å². The fourth-order valence-electron chi connectivity index (χ4n) is 3.16. The predicted molar refractivity (Wildman–Crippen MR) is 72.0 cm³/mol. The summed E-state index contributed by atoms with van der Waals surface area (Å²) in [6, 6.07) is 6.07. The van der Waals surface area contributed by atoms with E-state index in [-0.39, 0.29) is 17.2 Å². The summed E-state index contributed by atoms with van der Waals surface area (Å²) in [6.45, 7) is 1.93. The quantitative estimate of drug-likeness (QED) is 0.888. The molecule has 0 aromatic carbocycles. The van der Waals surface area contributed by atoms with Gasteiger partial charge in [-0.05, 0) is 31.4 Å². The van der Waals surface area contributed by atoms with Gasteiger partial charge in [-0.15, -0.1) is 0 Å². The van der Waals surface area contributed by atoms with Gasteiger partial charge in [0.05, 0.1) is 0 Å². The van der Waals surface area contributed by atoms with Crippen molar-refractivity contribution in [1.29, 1.82) is 0 Å². The van der Waals surface area contributed by atoms with Crippen LogP contribution in [0.3, 0.4) is 0 Å². The van der Waals surface area contributed by atoms with Crippen LogP contribution < -0.4 is 5.73 Å². The Kier molecular flexibility index (Phi) is 4.00. The Morgan fingerprint density at radius 3 is 2.67 bits per heavy atom. The van der Waals surface area contributed by atoms with E-state index in [0.717, 1.165) is 25.0 Å². The summed E-state index contributed by atoms with van der Waals surface area (Å²) in [6.07, 6.45) is 8.67. The predicted octanol–water partition coefficient (Wildman–Crippen LogP) is 2.79. The number of primary amides is 1. The number of hydrogen-bond donors (Lipinski definition) is 1. The van der Waals surface area contributed by atoms with Crippen molar-refractivity contribution in [3.05, 3.63) is 30.1 Å². The number of amides is 1. The van der Waals surface area contributed by atoms with Crippen LogP contribution in [-0.4, -0.2) is 10.9 Å². The fraction of sp³-hybridized carbons (Fsp3) is 0.600. The van der Waals surface area contributed by atoms with Crippen molar-refractivity contribution in [1.82, 2.24) is 4.98 Å². The highest BCUT2D eigenvalue weighted by molar-refractivity contribution is 5.76. The molecular weight excluding hydrogens is 224 g/mol. The normalized spacial score (nSPS) is 20.3. The molecule has 1 fully saturated rings. The van der Waals surface area contributed by atoms with Crippen molar-refractivity contribution in [3.63, 3.8) is 0 Å². The topological polar surface area (TPSA) is 56.0 Å². The Balaban J connectivity index is 2.26. The van der Waals surface area contributed by atoms with Crippen molar-refractivity contribution in [2.24, 2.45) is 11.7 Å². The van der Waals surface area contributed by atoms with Crippen LogP contribution in [0.2, 0.25) is 0 Å². The van der Waals surface area contributed by atoms with Crippen molar-refractivity contribution in [2.45, 2.75) is 50.9 Å². The van der Waals surface area contributed by atoms with Gasteiger partial charge >= 0.3 is 0 Å². The molecule has 1 heterocycles. The van der Waals surface area contributed by atoms with E-state index in [1.165, 1.54) is 19.3 Å². The van der Waals surface area contributed by atoms with Crippen molar-refractivity contribution < 1.29 is 4.79 Å². The summed E-state index contributed by atoms with van der Waals surface area (Å²) >= 11 is 0. The lowest BCUT2D eigenvalue weighted by molar-refractivity contribution is -0.122. The molecule has 1 unspecified atom stereocenters. The summed E-state index contributed by atoms with van der Waals surface area (Å²) in [7, 11) is 0. The van der Waals surface area contributed by atoms with Gasteiger partial charge in [-0.1, -0.05) is 32.3 Å². The zero-order valence-corrected chi connectivity index (χ0v) is 11.1. The first-order chi connectivity index (χ1) is 8.64. The molecule has 18 heavy (non-hydrogen) atoms. The van der Waals surface area contributed by atoms with Gasteiger partial charge < -0.3 is 5.73 Å². The summed E-state index contributed by atoms with van der Waals surface area (Å²) in [4.78, 5) is 15.9. The number of carbonyl (C=O) groups excluding carboxylic acids is 1. The van der Waals surface area contributed by atoms with Crippen molar-refractivity contribution in [3.8, 4) is 0 Å². The minimum atomic E-state index is -0.198. The molecule has 0 spiro atoms. The van der Waals surface area contributed by atoms with E-state index in [4.69, 9.17) is 5.73 Å². The molecule has 0 bridgehead atoms. The van der Waals surface area contributed by atoms with Crippen molar-refractivity contribution >= 4 is 5.91 Å². The van der Waals surface area contributed by atoms with Gasteiger partial charge in [-0.3, -0.25) is 9.78 Å². The van der Waals surface area contributed by atoms with Gasteiger partial charge in [0.15, 0.2) is 0 Å². The molecule has 3 heteroatoms. The maximum atomic E-state index is 11.3. The maximum Gasteiger partial charge on any atom is 0.220 e. The molecule has 1 atom stereocenters. The number of carbonyl (C=O) groups is 1. The molecule has 2 rings (SSSR count). The number of aromatic nitrogens is 1. The first-order valence-corrected chi connectivity index (χ1v) is 6.85. The summed E-state index contributed by atoms with van der Waals surface area (Å²) in [5.74, 6) is -0.277. The summed E-state index contributed by atoms with van der Waals surface area (Å²) < 4.78 is 0. The van der Waals surface area contributed by atoms with Gasteiger partial charge in [0.2, 0.25) is 5.91 Å². The first-order valence-electron chi connectivity index (χ1n) is 6.85. The van der Waals surface area contributed by atoms with Gasteiger partial charge in [-0.2, -0.15) is 0 Å². The number of pyridine rings is 1. The molecule has 3 nitrogen and oxygen atoms in total. The van der Waals surface area contributed by atoms with E-state index in [1.807, 2.05) is 25.3 Å². The van der Waals surface area contributed by atoms with Gasteiger partial charge in [0.25, 0.3) is 0 Å². The Bertz CT molecular complexity index is 396. The van der Waals surface area contributed by atoms with Crippen LogP contribution in [0.4, 0.5) is 0 Å².